The number of aromatic nitrogens is 2. The Morgan fingerprint density at radius 1 is 1.20 bits per heavy atom. The van der Waals surface area contributed by atoms with Gasteiger partial charge in [0.1, 0.15) is 5.02 Å². The molecule has 190 valence electrons. The second kappa shape index (κ2) is 11.1. The second-order valence-corrected chi connectivity index (χ2v) is 11.1. The molecule has 2 fully saturated rings. The minimum Gasteiger partial charge on any atom is -0.382 e. The molecule has 0 bridgehead atoms. The molecule has 1 aromatic heterocycles. The second-order valence-electron chi connectivity index (χ2n) is 8.82. The summed E-state index contributed by atoms with van der Waals surface area (Å²) in [6.07, 6.45) is 4.52. The summed E-state index contributed by atoms with van der Waals surface area (Å²) >= 11 is 6.36. The molecule has 2 aliphatic rings. The number of sulfonamides is 1. The molecule has 0 unspecified atom stereocenters. The lowest BCUT2D eigenvalue weighted by molar-refractivity contribution is 0.0595. The van der Waals surface area contributed by atoms with E-state index in [9.17, 15) is 18.0 Å². The first-order valence-corrected chi connectivity index (χ1v) is 13.5. The van der Waals surface area contributed by atoms with Crippen molar-refractivity contribution in [3.8, 4) is 0 Å². The van der Waals surface area contributed by atoms with Crippen molar-refractivity contribution in [3.05, 3.63) is 51.4 Å². The fourth-order valence-corrected chi connectivity index (χ4v) is 6.12. The monoisotopic (exact) mass is 523 g/mol. The van der Waals surface area contributed by atoms with Crippen molar-refractivity contribution in [1.82, 2.24) is 19.4 Å². The van der Waals surface area contributed by atoms with E-state index in [2.05, 4.69) is 15.7 Å². The number of hydrogen-bond acceptors (Lipinski definition) is 7. The van der Waals surface area contributed by atoms with Gasteiger partial charge in [-0.3, -0.25) is 9.59 Å². The number of carbonyl (C=O) groups is 1. The number of nitrogens with zero attached hydrogens (tertiary/aromatic N) is 3. The number of nitrogens with one attached hydrogen (secondary N) is 2. The number of rotatable bonds is 7. The summed E-state index contributed by atoms with van der Waals surface area (Å²) in [7, 11) is -2.20. The average molecular weight is 524 g/mol. The Kier molecular flexibility index (Phi) is 8.10. The van der Waals surface area contributed by atoms with Gasteiger partial charge in [0.15, 0.2) is 0 Å². The van der Waals surface area contributed by atoms with Gasteiger partial charge in [0.05, 0.1) is 29.4 Å². The number of anilines is 1. The Morgan fingerprint density at radius 2 is 1.91 bits per heavy atom. The van der Waals surface area contributed by atoms with Crippen molar-refractivity contribution in [2.24, 2.45) is 5.92 Å². The molecule has 2 N–H and O–H groups in total. The predicted molar refractivity (Wildman–Crippen MR) is 132 cm³/mol. The van der Waals surface area contributed by atoms with E-state index >= 15 is 0 Å². The van der Waals surface area contributed by atoms with Crippen LogP contribution >= 0.6 is 11.6 Å². The normalized spacial score (nSPS) is 19.9. The standard InChI is InChI=1S/C23H30ClN5O5S/c1-25-22(30)17-4-6-19(7-5-17)35(32,33)28-10-8-18(9-11-28)29-23(31)21(24)20(14-27-29)26-13-16-3-2-12-34-15-16/h4-7,14,16,18,26H,2-3,8-13,15H2,1H3,(H,25,30)/t16-/m0/s1. The van der Waals surface area contributed by atoms with E-state index in [1.54, 1.807) is 6.20 Å². The van der Waals surface area contributed by atoms with Crippen LogP contribution in [-0.2, 0) is 14.8 Å². The fourth-order valence-electron chi connectivity index (χ4n) is 4.45. The Bertz CT molecular complexity index is 1200. The quantitative estimate of drug-likeness (QED) is 0.570. The molecule has 2 aromatic rings. The van der Waals surface area contributed by atoms with Crippen molar-refractivity contribution in [2.45, 2.75) is 36.6 Å². The van der Waals surface area contributed by atoms with Crippen LogP contribution in [0, 0.1) is 5.92 Å². The van der Waals surface area contributed by atoms with Crippen LogP contribution in [0.5, 0.6) is 0 Å². The van der Waals surface area contributed by atoms with E-state index in [1.807, 2.05) is 0 Å². The van der Waals surface area contributed by atoms with Crippen LogP contribution in [0.25, 0.3) is 0 Å². The van der Waals surface area contributed by atoms with Gasteiger partial charge in [-0.15, -0.1) is 0 Å². The maximum Gasteiger partial charge on any atom is 0.287 e. The summed E-state index contributed by atoms with van der Waals surface area (Å²) in [6.45, 7) is 2.63. The molecule has 1 aromatic carbocycles. The Labute approximate surface area is 209 Å². The van der Waals surface area contributed by atoms with Crippen LogP contribution < -0.4 is 16.2 Å². The molecule has 1 amide bonds. The molecule has 2 aliphatic heterocycles. The van der Waals surface area contributed by atoms with Gasteiger partial charge in [-0.1, -0.05) is 11.6 Å². The maximum absolute atomic E-state index is 13.1. The van der Waals surface area contributed by atoms with E-state index in [0.29, 0.717) is 43.2 Å². The third-order valence-electron chi connectivity index (χ3n) is 6.53. The highest BCUT2D eigenvalue weighted by atomic mass is 35.5. The number of benzene rings is 1. The number of amides is 1. The van der Waals surface area contributed by atoms with E-state index in [0.717, 1.165) is 19.4 Å². The Morgan fingerprint density at radius 3 is 2.54 bits per heavy atom. The smallest absolute Gasteiger partial charge is 0.287 e. The third kappa shape index (κ3) is 5.69. The van der Waals surface area contributed by atoms with E-state index in [4.69, 9.17) is 16.3 Å². The van der Waals surface area contributed by atoms with Crippen LogP contribution in [0.1, 0.15) is 42.1 Å². The third-order valence-corrected chi connectivity index (χ3v) is 8.81. The van der Waals surface area contributed by atoms with Gasteiger partial charge < -0.3 is 15.4 Å². The molecule has 35 heavy (non-hydrogen) atoms. The lowest BCUT2D eigenvalue weighted by atomic mass is 10.0. The SMILES string of the molecule is CNC(=O)c1ccc(S(=O)(=O)N2CCC(n3ncc(NC[C@@H]4CCCOC4)c(Cl)c3=O)CC2)cc1. The van der Waals surface area contributed by atoms with Gasteiger partial charge in [0.25, 0.3) is 11.5 Å². The molecule has 3 heterocycles. The van der Waals surface area contributed by atoms with E-state index in [-0.39, 0.29) is 40.5 Å². The Hall–Kier alpha value is -2.47. The van der Waals surface area contributed by atoms with Crippen molar-refractivity contribution in [1.29, 1.82) is 0 Å². The van der Waals surface area contributed by atoms with Gasteiger partial charge in [-0.2, -0.15) is 9.40 Å². The summed E-state index contributed by atoms with van der Waals surface area (Å²) in [5.74, 6) is 0.0871. The predicted octanol–water partition coefficient (Wildman–Crippen LogP) is 2.12. The zero-order valence-corrected chi connectivity index (χ0v) is 21.1. The minimum atomic E-state index is -3.71. The minimum absolute atomic E-state index is 0.0861. The topological polar surface area (TPSA) is 123 Å². The summed E-state index contributed by atoms with van der Waals surface area (Å²) in [4.78, 5) is 24.7. The number of halogens is 1. The first kappa shape index (κ1) is 25.6. The first-order valence-electron chi connectivity index (χ1n) is 11.7. The molecule has 0 spiro atoms. The van der Waals surface area contributed by atoms with E-state index < -0.39 is 10.0 Å². The van der Waals surface area contributed by atoms with Crippen LogP contribution in [0.15, 0.2) is 40.2 Å². The molecule has 12 heteroatoms. The summed E-state index contributed by atoms with van der Waals surface area (Å²) in [6, 6.07) is 5.59. The summed E-state index contributed by atoms with van der Waals surface area (Å²) in [5.41, 5.74) is 0.499. The van der Waals surface area contributed by atoms with Crippen LogP contribution in [-0.4, -0.2) is 68.3 Å². The van der Waals surface area contributed by atoms with Gasteiger partial charge >= 0.3 is 0 Å². The van der Waals surface area contributed by atoms with Crippen LogP contribution in [0.2, 0.25) is 5.02 Å². The van der Waals surface area contributed by atoms with Crippen molar-refractivity contribution >= 4 is 33.2 Å². The molecule has 1 atom stereocenters. The zero-order valence-electron chi connectivity index (χ0n) is 19.6. The molecule has 0 radical (unpaired) electrons. The highest BCUT2D eigenvalue weighted by Crippen LogP contribution is 2.27. The number of piperidine rings is 1. The number of hydrogen-bond donors (Lipinski definition) is 2. The largest absolute Gasteiger partial charge is 0.382 e. The van der Waals surface area contributed by atoms with Gasteiger partial charge in [-0.25, -0.2) is 13.1 Å². The van der Waals surface area contributed by atoms with Crippen molar-refractivity contribution in [3.63, 3.8) is 0 Å². The lowest BCUT2D eigenvalue weighted by Crippen LogP contribution is -2.41. The summed E-state index contributed by atoms with van der Waals surface area (Å²) < 4.78 is 34.3. The molecular formula is C23H30ClN5O5S. The van der Waals surface area contributed by atoms with Gasteiger partial charge in [0.2, 0.25) is 10.0 Å². The molecular weight excluding hydrogens is 494 g/mol. The highest BCUT2D eigenvalue weighted by molar-refractivity contribution is 7.89. The highest BCUT2D eigenvalue weighted by Gasteiger charge is 2.31. The molecule has 0 aliphatic carbocycles. The fraction of sp³-hybridized carbons (Fsp3) is 0.522. The zero-order chi connectivity index (χ0) is 25.0. The lowest BCUT2D eigenvalue weighted by Gasteiger charge is -2.31. The number of carbonyl (C=O) groups excluding carboxylic acids is 1. The Balaban J connectivity index is 1.39. The molecule has 4 rings (SSSR count). The van der Waals surface area contributed by atoms with Gasteiger partial charge in [0, 0.05) is 38.9 Å². The molecule has 2 saturated heterocycles. The van der Waals surface area contributed by atoms with Crippen molar-refractivity contribution in [2.75, 3.05) is 45.2 Å². The van der Waals surface area contributed by atoms with Crippen LogP contribution in [0.4, 0.5) is 5.69 Å². The van der Waals surface area contributed by atoms with Gasteiger partial charge in [-0.05, 0) is 55.9 Å². The maximum atomic E-state index is 13.1. The number of ether oxygens (including phenoxy) is 1. The summed E-state index contributed by atoms with van der Waals surface area (Å²) in [5, 5.41) is 10.1. The first-order chi connectivity index (χ1) is 16.8. The average Bonchev–Trinajstić information content (AvgIpc) is 2.90. The van der Waals surface area contributed by atoms with Crippen molar-refractivity contribution < 1.29 is 17.9 Å². The van der Waals surface area contributed by atoms with E-state index in [1.165, 1.54) is 40.3 Å². The van der Waals surface area contributed by atoms with Crippen LogP contribution in [0.3, 0.4) is 0 Å². The molecule has 10 nitrogen and oxygen atoms in total. The molecule has 0 saturated carbocycles.